The maximum Gasteiger partial charge on any atom is 0.260 e. The first-order valence-corrected chi connectivity index (χ1v) is 7.24. The molecule has 5 nitrogen and oxygen atoms in total. The van der Waals surface area contributed by atoms with Gasteiger partial charge in [-0.3, -0.25) is 9.59 Å². The highest BCUT2D eigenvalue weighted by Crippen LogP contribution is 2.20. The van der Waals surface area contributed by atoms with Crippen molar-refractivity contribution in [1.82, 2.24) is 4.90 Å². The molecule has 0 saturated carbocycles. The lowest BCUT2D eigenvalue weighted by molar-refractivity contribution is -0.136. The number of nitrogens with zero attached hydrogens (tertiary/aromatic N) is 1. The van der Waals surface area contributed by atoms with E-state index in [0.717, 1.165) is 29.7 Å². The molecule has 1 heterocycles. The number of ether oxygens (including phenoxy) is 1. The zero-order valence-corrected chi connectivity index (χ0v) is 12.6. The molecule has 2 amide bonds. The number of carbonyl (C=O) groups is 2. The SMILES string of the molecule is Cc1ccc(C)c(OCC(=O)N2CCCC(C(N)=O)C2)c1. The third kappa shape index (κ3) is 3.97. The fraction of sp³-hybridized carbons (Fsp3) is 0.500. The molecule has 1 unspecified atom stereocenters. The lowest BCUT2D eigenvalue weighted by Gasteiger charge is -2.31. The smallest absolute Gasteiger partial charge is 0.260 e. The van der Waals surface area contributed by atoms with Crippen LogP contribution in [0.15, 0.2) is 18.2 Å². The van der Waals surface area contributed by atoms with E-state index in [2.05, 4.69) is 0 Å². The van der Waals surface area contributed by atoms with Crippen molar-refractivity contribution >= 4 is 11.8 Å². The predicted molar refractivity (Wildman–Crippen MR) is 79.9 cm³/mol. The van der Waals surface area contributed by atoms with Crippen molar-refractivity contribution in [3.8, 4) is 5.75 Å². The van der Waals surface area contributed by atoms with Crippen LogP contribution in [0.5, 0.6) is 5.75 Å². The van der Waals surface area contributed by atoms with Crippen LogP contribution in [0.2, 0.25) is 0 Å². The van der Waals surface area contributed by atoms with Crippen LogP contribution in [0.1, 0.15) is 24.0 Å². The third-order valence-electron chi connectivity index (χ3n) is 3.87. The van der Waals surface area contributed by atoms with Gasteiger partial charge in [-0.05, 0) is 43.9 Å². The average molecular weight is 290 g/mol. The predicted octanol–water partition coefficient (Wildman–Crippen LogP) is 1.41. The molecule has 1 aromatic rings. The lowest BCUT2D eigenvalue weighted by Crippen LogP contribution is -2.45. The van der Waals surface area contributed by atoms with Gasteiger partial charge >= 0.3 is 0 Å². The number of piperidine rings is 1. The van der Waals surface area contributed by atoms with Crippen molar-refractivity contribution in [2.75, 3.05) is 19.7 Å². The van der Waals surface area contributed by atoms with Crippen LogP contribution in [0.4, 0.5) is 0 Å². The molecule has 1 aliphatic rings. The molecule has 2 N–H and O–H groups in total. The molecular weight excluding hydrogens is 268 g/mol. The first kappa shape index (κ1) is 15.4. The van der Waals surface area contributed by atoms with Gasteiger partial charge in [0.2, 0.25) is 5.91 Å². The molecule has 0 aliphatic carbocycles. The van der Waals surface area contributed by atoms with E-state index in [1.54, 1.807) is 4.90 Å². The van der Waals surface area contributed by atoms with Gasteiger partial charge in [0.05, 0.1) is 5.92 Å². The Morgan fingerprint density at radius 1 is 1.38 bits per heavy atom. The van der Waals surface area contributed by atoms with Crippen molar-refractivity contribution in [3.63, 3.8) is 0 Å². The first-order chi connectivity index (χ1) is 9.97. The second-order valence-corrected chi connectivity index (χ2v) is 5.64. The molecule has 1 fully saturated rings. The summed E-state index contributed by atoms with van der Waals surface area (Å²) in [5, 5.41) is 0. The summed E-state index contributed by atoms with van der Waals surface area (Å²) in [6.45, 7) is 5.00. The standard InChI is InChI=1S/C16H22N2O3/c1-11-5-6-12(2)14(8-11)21-10-15(19)18-7-3-4-13(9-18)16(17)20/h5-6,8,13H,3-4,7,9-10H2,1-2H3,(H2,17,20). The van der Waals surface area contributed by atoms with E-state index in [1.165, 1.54) is 0 Å². The van der Waals surface area contributed by atoms with Crippen LogP contribution in [-0.2, 0) is 9.59 Å². The Kier molecular flexibility index (Phi) is 4.83. The molecule has 2 rings (SSSR count). The van der Waals surface area contributed by atoms with Crippen molar-refractivity contribution in [2.24, 2.45) is 11.7 Å². The van der Waals surface area contributed by atoms with E-state index in [1.807, 2.05) is 32.0 Å². The second kappa shape index (κ2) is 6.61. The summed E-state index contributed by atoms with van der Waals surface area (Å²) < 4.78 is 5.62. The summed E-state index contributed by atoms with van der Waals surface area (Å²) >= 11 is 0. The number of amides is 2. The number of primary amides is 1. The van der Waals surface area contributed by atoms with Crippen LogP contribution < -0.4 is 10.5 Å². The van der Waals surface area contributed by atoms with Gasteiger partial charge in [0.1, 0.15) is 5.75 Å². The maximum atomic E-state index is 12.2. The van der Waals surface area contributed by atoms with E-state index >= 15 is 0 Å². The Balaban J connectivity index is 1.92. The number of nitrogens with two attached hydrogens (primary N) is 1. The largest absolute Gasteiger partial charge is 0.483 e. The number of carbonyl (C=O) groups excluding carboxylic acids is 2. The highest BCUT2D eigenvalue weighted by molar-refractivity contribution is 5.81. The molecule has 0 radical (unpaired) electrons. The highest BCUT2D eigenvalue weighted by atomic mass is 16.5. The Morgan fingerprint density at radius 2 is 2.14 bits per heavy atom. The molecule has 5 heteroatoms. The Labute approximate surface area is 125 Å². The Morgan fingerprint density at radius 3 is 2.86 bits per heavy atom. The van der Waals surface area contributed by atoms with E-state index in [-0.39, 0.29) is 24.3 Å². The van der Waals surface area contributed by atoms with Crippen LogP contribution in [0, 0.1) is 19.8 Å². The average Bonchev–Trinajstić information content (AvgIpc) is 2.48. The molecule has 114 valence electrons. The van der Waals surface area contributed by atoms with Crippen LogP contribution in [0.25, 0.3) is 0 Å². The number of aryl methyl sites for hydroxylation is 2. The topological polar surface area (TPSA) is 72.6 Å². The van der Waals surface area contributed by atoms with Crippen LogP contribution in [-0.4, -0.2) is 36.4 Å². The molecule has 1 aliphatic heterocycles. The number of hydrogen-bond acceptors (Lipinski definition) is 3. The molecule has 21 heavy (non-hydrogen) atoms. The van der Waals surface area contributed by atoms with Gasteiger partial charge in [0.15, 0.2) is 6.61 Å². The van der Waals surface area contributed by atoms with Gasteiger partial charge in [-0.2, -0.15) is 0 Å². The van der Waals surface area contributed by atoms with Gasteiger partial charge < -0.3 is 15.4 Å². The summed E-state index contributed by atoms with van der Waals surface area (Å²) in [7, 11) is 0. The Bertz CT molecular complexity index is 542. The van der Waals surface area contributed by atoms with Gasteiger partial charge in [-0.1, -0.05) is 12.1 Å². The summed E-state index contributed by atoms with van der Waals surface area (Å²) in [5.41, 5.74) is 7.42. The van der Waals surface area contributed by atoms with E-state index in [0.29, 0.717) is 13.1 Å². The zero-order valence-electron chi connectivity index (χ0n) is 12.6. The van der Waals surface area contributed by atoms with Crippen molar-refractivity contribution in [3.05, 3.63) is 29.3 Å². The molecule has 1 aromatic carbocycles. The number of likely N-dealkylation sites (tertiary alicyclic amines) is 1. The van der Waals surface area contributed by atoms with E-state index in [4.69, 9.17) is 10.5 Å². The minimum Gasteiger partial charge on any atom is -0.483 e. The van der Waals surface area contributed by atoms with Gasteiger partial charge in [-0.25, -0.2) is 0 Å². The highest BCUT2D eigenvalue weighted by Gasteiger charge is 2.27. The molecule has 1 atom stereocenters. The zero-order chi connectivity index (χ0) is 15.4. The number of hydrogen-bond donors (Lipinski definition) is 1. The van der Waals surface area contributed by atoms with Crippen molar-refractivity contribution in [2.45, 2.75) is 26.7 Å². The molecule has 1 saturated heterocycles. The van der Waals surface area contributed by atoms with E-state index < -0.39 is 0 Å². The van der Waals surface area contributed by atoms with Gasteiger partial charge in [0, 0.05) is 13.1 Å². The van der Waals surface area contributed by atoms with Crippen molar-refractivity contribution < 1.29 is 14.3 Å². The molecule has 0 aromatic heterocycles. The normalized spacial score (nSPS) is 18.4. The second-order valence-electron chi connectivity index (χ2n) is 5.64. The van der Waals surface area contributed by atoms with Gasteiger partial charge in [-0.15, -0.1) is 0 Å². The Hall–Kier alpha value is -2.04. The minimum atomic E-state index is -0.331. The first-order valence-electron chi connectivity index (χ1n) is 7.24. The lowest BCUT2D eigenvalue weighted by atomic mass is 9.97. The quantitative estimate of drug-likeness (QED) is 0.911. The number of rotatable bonds is 4. The summed E-state index contributed by atoms with van der Waals surface area (Å²) in [6.07, 6.45) is 1.57. The summed E-state index contributed by atoms with van der Waals surface area (Å²) in [6, 6.07) is 5.90. The third-order valence-corrected chi connectivity index (χ3v) is 3.87. The molecule has 0 bridgehead atoms. The van der Waals surface area contributed by atoms with Crippen LogP contribution >= 0.6 is 0 Å². The summed E-state index contributed by atoms with van der Waals surface area (Å²) in [4.78, 5) is 25.1. The minimum absolute atomic E-state index is 0.00419. The monoisotopic (exact) mass is 290 g/mol. The number of benzene rings is 1. The fourth-order valence-electron chi connectivity index (χ4n) is 2.53. The van der Waals surface area contributed by atoms with E-state index in [9.17, 15) is 9.59 Å². The summed E-state index contributed by atoms with van der Waals surface area (Å²) in [5.74, 6) is 0.0695. The molecular formula is C16H22N2O3. The van der Waals surface area contributed by atoms with Crippen LogP contribution in [0.3, 0.4) is 0 Å². The molecule has 0 spiro atoms. The van der Waals surface area contributed by atoms with Crippen molar-refractivity contribution in [1.29, 1.82) is 0 Å². The maximum absolute atomic E-state index is 12.2. The van der Waals surface area contributed by atoms with Gasteiger partial charge in [0.25, 0.3) is 5.91 Å². The fourth-order valence-corrected chi connectivity index (χ4v) is 2.53.